The monoisotopic (exact) mass is 237 g/mol. The van der Waals surface area contributed by atoms with E-state index in [1.54, 1.807) is 6.92 Å². The molecule has 84 valence electrons. The number of thioether (sulfide) groups is 1. The van der Waals surface area contributed by atoms with Gasteiger partial charge >= 0.3 is 0 Å². The zero-order valence-corrected chi connectivity index (χ0v) is 10.3. The summed E-state index contributed by atoms with van der Waals surface area (Å²) in [6, 6.07) is 0.545. The lowest BCUT2D eigenvalue weighted by Gasteiger charge is -2.22. The topological polar surface area (TPSA) is 46.2 Å². The predicted octanol–water partition coefficient (Wildman–Crippen LogP) is 0.906. The van der Waals surface area contributed by atoms with Crippen LogP contribution in [-0.2, 0) is 9.84 Å². The van der Waals surface area contributed by atoms with Crippen molar-refractivity contribution in [2.24, 2.45) is 0 Å². The molecule has 1 heterocycles. The minimum atomic E-state index is -2.79. The normalized spacial score (nSPS) is 19.8. The van der Waals surface area contributed by atoms with Crippen LogP contribution in [0.1, 0.15) is 19.8 Å². The van der Waals surface area contributed by atoms with Crippen molar-refractivity contribution < 1.29 is 8.42 Å². The minimum absolute atomic E-state index is 0.259. The summed E-state index contributed by atoms with van der Waals surface area (Å²) in [6.07, 6.45) is 2.35. The van der Waals surface area contributed by atoms with Gasteiger partial charge in [0.1, 0.15) is 0 Å². The molecule has 0 bridgehead atoms. The van der Waals surface area contributed by atoms with Gasteiger partial charge in [0.2, 0.25) is 0 Å². The van der Waals surface area contributed by atoms with Crippen LogP contribution in [0.25, 0.3) is 0 Å². The molecule has 1 aliphatic rings. The van der Waals surface area contributed by atoms with Gasteiger partial charge in [-0.15, -0.1) is 0 Å². The summed E-state index contributed by atoms with van der Waals surface area (Å²) in [5, 5.41) is 3.32. The van der Waals surface area contributed by atoms with Crippen molar-refractivity contribution in [3.63, 3.8) is 0 Å². The lowest BCUT2D eigenvalue weighted by atomic mass is 10.1. The molecule has 5 heteroatoms. The predicted molar refractivity (Wildman–Crippen MR) is 62.7 cm³/mol. The summed E-state index contributed by atoms with van der Waals surface area (Å²) in [7, 11) is -2.79. The number of nitrogens with one attached hydrogen (secondary N) is 1. The van der Waals surface area contributed by atoms with E-state index in [-0.39, 0.29) is 11.5 Å². The molecule has 0 saturated carbocycles. The van der Waals surface area contributed by atoms with Gasteiger partial charge < -0.3 is 5.32 Å². The zero-order chi connectivity index (χ0) is 10.4. The van der Waals surface area contributed by atoms with Crippen molar-refractivity contribution in [1.82, 2.24) is 5.32 Å². The lowest BCUT2D eigenvalue weighted by molar-refractivity contribution is 0.495. The van der Waals surface area contributed by atoms with E-state index in [9.17, 15) is 8.42 Å². The van der Waals surface area contributed by atoms with Crippen LogP contribution < -0.4 is 5.32 Å². The summed E-state index contributed by atoms with van der Waals surface area (Å²) in [4.78, 5) is 0. The lowest BCUT2D eigenvalue weighted by Crippen LogP contribution is -2.36. The van der Waals surface area contributed by atoms with E-state index in [1.807, 2.05) is 11.8 Å². The number of hydrogen-bond acceptors (Lipinski definition) is 4. The van der Waals surface area contributed by atoms with Crippen LogP contribution in [0, 0.1) is 0 Å². The van der Waals surface area contributed by atoms with Gasteiger partial charge in [-0.1, -0.05) is 6.92 Å². The van der Waals surface area contributed by atoms with Crippen LogP contribution in [0.4, 0.5) is 0 Å². The van der Waals surface area contributed by atoms with Crippen molar-refractivity contribution in [3.05, 3.63) is 0 Å². The summed E-state index contributed by atoms with van der Waals surface area (Å²) < 4.78 is 22.4. The Balaban J connectivity index is 2.14. The first-order valence-corrected chi connectivity index (χ1v) is 8.13. The largest absolute Gasteiger partial charge is 0.313 e. The highest BCUT2D eigenvalue weighted by atomic mass is 32.2. The Morgan fingerprint density at radius 2 is 2.00 bits per heavy atom. The first-order chi connectivity index (χ1) is 6.64. The maximum Gasteiger partial charge on any atom is 0.151 e. The molecule has 0 unspecified atom stereocenters. The molecule has 0 atom stereocenters. The fourth-order valence-electron chi connectivity index (χ4n) is 1.46. The maximum atomic E-state index is 11.2. The van der Waals surface area contributed by atoms with Crippen molar-refractivity contribution in [3.8, 4) is 0 Å². The Labute approximate surface area is 91.0 Å². The third-order valence-electron chi connectivity index (χ3n) is 2.51. The second-order valence-electron chi connectivity index (χ2n) is 3.58. The van der Waals surface area contributed by atoms with Gasteiger partial charge in [-0.25, -0.2) is 8.42 Å². The average molecular weight is 237 g/mol. The molecular weight excluding hydrogens is 218 g/mol. The van der Waals surface area contributed by atoms with Gasteiger partial charge in [-0.3, -0.25) is 0 Å². The van der Waals surface area contributed by atoms with Crippen molar-refractivity contribution in [2.45, 2.75) is 25.8 Å². The summed E-state index contributed by atoms with van der Waals surface area (Å²) >= 11 is 1.98. The molecule has 0 radical (unpaired) electrons. The van der Waals surface area contributed by atoms with E-state index >= 15 is 0 Å². The second-order valence-corrected chi connectivity index (χ2v) is 7.27. The van der Waals surface area contributed by atoms with Crippen LogP contribution >= 0.6 is 11.8 Å². The van der Waals surface area contributed by atoms with Crippen molar-refractivity contribution >= 4 is 21.6 Å². The number of rotatable bonds is 5. The molecule has 0 amide bonds. The molecular formula is C9H19NO2S2. The molecule has 3 nitrogen and oxygen atoms in total. The van der Waals surface area contributed by atoms with E-state index < -0.39 is 9.84 Å². The van der Waals surface area contributed by atoms with Gasteiger partial charge in [0.25, 0.3) is 0 Å². The van der Waals surface area contributed by atoms with Crippen molar-refractivity contribution in [1.29, 1.82) is 0 Å². The molecule has 0 aliphatic carbocycles. The van der Waals surface area contributed by atoms with Crippen LogP contribution in [0.3, 0.4) is 0 Å². The third-order valence-corrected chi connectivity index (χ3v) is 5.26. The third kappa shape index (κ3) is 4.66. The van der Waals surface area contributed by atoms with E-state index in [0.717, 1.165) is 0 Å². The first-order valence-electron chi connectivity index (χ1n) is 5.15. The van der Waals surface area contributed by atoms with E-state index in [0.29, 0.717) is 12.6 Å². The summed E-state index contributed by atoms with van der Waals surface area (Å²) in [5.41, 5.74) is 0. The molecule has 0 aromatic carbocycles. The SMILES string of the molecule is CCS(=O)(=O)CCNC1CCSCC1. The van der Waals surface area contributed by atoms with Gasteiger partial charge in [-0.05, 0) is 24.3 Å². The highest BCUT2D eigenvalue weighted by Gasteiger charge is 2.14. The second kappa shape index (κ2) is 5.98. The van der Waals surface area contributed by atoms with Gasteiger partial charge in [0.15, 0.2) is 9.84 Å². The summed E-state index contributed by atoms with van der Waals surface area (Å²) in [5.74, 6) is 2.96. The van der Waals surface area contributed by atoms with Crippen LogP contribution in [0.2, 0.25) is 0 Å². The average Bonchev–Trinajstić information content (AvgIpc) is 2.19. The van der Waals surface area contributed by atoms with Crippen LogP contribution in [0.15, 0.2) is 0 Å². The molecule has 0 spiro atoms. The number of hydrogen-bond donors (Lipinski definition) is 1. The van der Waals surface area contributed by atoms with Gasteiger partial charge in [0.05, 0.1) is 5.75 Å². The van der Waals surface area contributed by atoms with E-state index in [4.69, 9.17) is 0 Å². The molecule has 0 aromatic rings. The molecule has 0 aromatic heterocycles. The van der Waals surface area contributed by atoms with Crippen LogP contribution in [-0.4, -0.2) is 44.0 Å². The maximum absolute atomic E-state index is 11.2. The van der Waals surface area contributed by atoms with E-state index in [1.165, 1.54) is 24.3 Å². The Morgan fingerprint density at radius 3 is 2.57 bits per heavy atom. The van der Waals surface area contributed by atoms with Gasteiger partial charge in [0, 0.05) is 18.3 Å². The van der Waals surface area contributed by atoms with E-state index in [2.05, 4.69) is 5.32 Å². The first kappa shape index (κ1) is 12.3. The van der Waals surface area contributed by atoms with Gasteiger partial charge in [-0.2, -0.15) is 11.8 Å². The standard InChI is InChI=1S/C9H19NO2S2/c1-2-14(11,12)8-5-10-9-3-6-13-7-4-9/h9-10H,2-8H2,1H3. The Bertz CT molecular complexity index is 246. The highest BCUT2D eigenvalue weighted by molar-refractivity contribution is 7.99. The fraction of sp³-hybridized carbons (Fsp3) is 1.00. The molecule has 1 rings (SSSR count). The smallest absolute Gasteiger partial charge is 0.151 e. The molecule has 1 aliphatic heterocycles. The number of sulfone groups is 1. The highest BCUT2D eigenvalue weighted by Crippen LogP contribution is 2.16. The minimum Gasteiger partial charge on any atom is -0.313 e. The molecule has 1 saturated heterocycles. The quantitative estimate of drug-likeness (QED) is 0.772. The molecule has 1 fully saturated rings. The Morgan fingerprint density at radius 1 is 1.36 bits per heavy atom. The Hall–Kier alpha value is 0.260. The van der Waals surface area contributed by atoms with Crippen LogP contribution in [0.5, 0.6) is 0 Å². The Kier molecular flexibility index (Phi) is 5.26. The molecule has 1 N–H and O–H groups in total. The summed E-state index contributed by atoms with van der Waals surface area (Å²) in [6.45, 7) is 2.32. The fourth-order valence-corrected chi connectivity index (χ4v) is 3.29. The molecule has 14 heavy (non-hydrogen) atoms. The zero-order valence-electron chi connectivity index (χ0n) is 8.66. The van der Waals surface area contributed by atoms with Crippen molar-refractivity contribution in [2.75, 3.05) is 29.6 Å².